The Morgan fingerprint density at radius 2 is 1.29 bits per heavy atom. The molecule has 0 N–H and O–H groups in total. The molecule has 2 heteroatoms. The Labute approximate surface area is 309 Å². The second kappa shape index (κ2) is 16.1. The van der Waals surface area contributed by atoms with Crippen molar-refractivity contribution in [3.05, 3.63) is 241 Å². The van der Waals surface area contributed by atoms with Gasteiger partial charge >= 0.3 is 0 Å². The fraction of sp³-hybridized carbons (Fsp3) is 0.0800. The first-order valence-electron chi connectivity index (χ1n) is 18.1. The van der Waals surface area contributed by atoms with Crippen LogP contribution in [0.15, 0.2) is 224 Å². The Hall–Kier alpha value is -6.38. The second-order valence-electron chi connectivity index (χ2n) is 12.9. The quantitative estimate of drug-likeness (QED) is 0.129. The molecule has 0 spiro atoms. The molecular formula is C50H44N2. The van der Waals surface area contributed by atoms with Gasteiger partial charge in [0.2, 0.25) is 0 Å². The normalized spacial score (nSPS) is 15.0. The molecule has 0 radical (unpaired) electrons. The molecule has 0 atom stereocenters. The zero-order valence-corrected chi connectivity index (χ0v) is 29.8. The fourth-order valence-electron chi connectivity index (χ4n) is 7.20. The van der Waals surface area contributed by atoms with E-state index >= 15 is 0 Å². The second-order valence-corrected chi connectivity index (χ2v) is 12.9. The zero-order chi connectivity index (χ0) is 35.7. The number of hydrogen-bond acceptors (Lipinski definition) is 2. The van der Waals surface area contributed by atoms with E-state index in [4.69, 9.17) is 6.58 Å². The van der Waals surface area contributed by atoms with Gasteiger partial charge in [-0.1, -0.05) is 141 Å². The molecule has 0 fully saturated rings. The van der Waals surface area contributed by atoms with Crippen LogP contribution in [0.2, 0.25) is 0 Å². The number of para-hydroxylation sites is 3. The van der Waals surface area contributed by atoms with E-state index in [0.717, 1.165) is 64.4 Å². The van der Waals surface area contributed by atoms with Gasteiger partial charge in [0, 0.05) is 34.1 Å². The molecule has 7 rings (SSSR count). The van der Waals surface area contributed by atoms with Crippen LogP contribution >= 0.6 is 0 Å². The van der Waals surface area contributed by atoms with Crippen molar-refractivity contribution >= 4 is 33.9 Å². The van der Waals surface area contributed by atoms with Crippen LogP contribution in [-0.2, 0) is 0 Å². The lowest BCUT2D eigenvalue weighted by molar-refractivity contribution is 0.894. The van der Waals surface area contributed by atoms with E-state index in [2.05, 4.69) is 205 Å². The monoisotopic (exact) mass is 672 g/mol. The van der Waals surface area contributed by atoms with Crippen molar-refractivity contribution in [2.45, 2.75) is 26.2 Å². The van der Waals surface area contributed by atoms with Crippen LogP contribution in [0.25, 0.3) is 11.1 Å². The topological polar surface area (TPSA) is 6.48 Å². The van der Waals surface area contributed by atoms with Gasteiger partial charge in [-0.05, 0) is 126 Å². The highest BCUT2D eigenvalue weighted by molar-refractivity contribution is 5.94. The smallest absolute Gasteiger partial charge is 0.0467 e. The Morgan fingerprint density at radius 3 is 1.90 bits per heavy atom. The Morgan fingerprint density at radius 1 is 0.673 bits per heavy atom. The summed E-state index contributed by atoms with van der Waals surface area (Å²) in [6, 6.07) is 49.2. The minimum Gasteiger partial charge on any atom is -0.315 e. The van der Waals surface area contributed by atoms with Gasteiger partial charge in [0.05, 0.1) is 0 Å². The summed E-state index contributed by atoms with van der Waals surface area (Å²) in [4.78, 5) is 4.65. The number of hydrogen-bond donors (Lipinski definition) is 0. The third kappa shape index (κ3) is 7.24. The van der Waals surface area contributed by atoms with Crippen LogP contribution in [0.5, 0.6) is 0 Å². The highest BCUT2D eigenvalue weighted by Gasteiger charge is 2.23. The third-order valence-electron chi connectivity index (χ3n) is 9.65. The van der Waals surface area contributed by atoms with Gasteiger partial charge in [0.1, 0.15) is 0 Å². The van der Waals surface area contributed by atoms with Crippen molar-refractivity contribution < 1.29 is 0 Å². The summed E-state index contributed by atoms with van der Waals surface area (Å²) in [6.45, 7) is 11.0. The summed E-state index contributed by atoms with van der Waals surface area (Å²) in [5.41, 5.74) is 14.9. The Kier molecular flexibility index (Phi) is 10.6. The fourth-order valence-corrected chi connectivity index (χ4v) is 7.20. The van der Waals surface area contributed by atoms with Crippen molar-refractivity contribution in [3.8, 4) is 0 Å². The van der Waals surface area contributed by atoms with Crippen molar-refractivity contribution in [2.24, 2.45) is 0 Å². The molecule has 0 unspecified atom stereocenters. The van der Waals surface area contributed by atoms with Gasteiger partial charge in [0.15, 0.2) is 0 Å². The molecule has 0 saturated carbocycles. The van der Waals surface area contributed by atoms with Gasteiger partial charge < -0.3 is 9.80 Å². The summed E-state index contributed by atoms with van der Waals surface area (Å²) in [7, 11) is 0. The third-order valence-corrected chi connectivity index (χ3v) is 9.65. The van der Waals surface area contributed by atoms with E-state index < -0.39 is 0 Å². The van der Waals surface area contributed by atoms with Crippen LogP contribution in [0.1, 0.15) is 42.9 Å². The van der Waals surface area contributed by atoms with Crippen molar-refractivity contribution in [3.63, 3.8) is 0 Å². The summed E-state index contributed by atoms with van der Waals surface area (Å²) in [6.07, 6.45) is 20.4. The minimum absolute atomic E-state index is 0.862. The number of anilines is 4. The molecule has 0 bridgehead atoms. The molecule has 0 aromatic heterocycles. The van der Waals surface area contributed by atoms with Gasteiger partial charge in [0.25, 0.3) is 0 Å². The molecule has 5 aromatic rings. The average molecular weight is 673 g/mol. The number of rotatable bonds is 11. The van der Waals surface area contributed by atoms with Gasteiger partial charge in [-0.3, -0.25) is 0 Å². The first-order valence-corrected chi connectivity index (χ1v) is 18.1. The maximum atomic E-state index is 4.77. The number of allylic oxidation sites excluding steroid dienone is 12. The molecule has 2 aliphatic carbocycles. The first-order chi connectivity index (χ1) is 25.7. The van der Waals surface area contributed by atoms with Gasteiger partial charge in [-0.15, -0.1) is 0 Å². The molecule has 2 aliphatic rings. The van der Waals surface area contributed by atoms with E-state index in [0.29, 0.717) is 0 Å². The van der Waals surface area contributed by atoms with Gasteiger partial charge in [-0.25, -0.2) is 0 Å². The summed E-state index contributed by atoms with van der Waals surface area (Å²) < 4.78 is 0. The maximum Gasteiger partial charge on any atom is 0.0467 e. The molecule has 5 aromatic carbocycles. The first kappa shape index (κ1) is 34.1. The molecule has 0 aliphatic heterocycles. The predicted octanol–water partition coefficient (Wildman–Crippen LogP) is 13.7. The highest BCUT2D eigenvalue weighted by atomic mass is 15.2. The molecule has 52 heavy (non-hydrogen) atoms. The van der Waals surface area contributed by atoms with Gasteiger partial charge in [-0.2, -0.15) is 0 Å². The average Bonchev–Trinajstić information content (AvgIpc) is 3.22. The lowest BCUT2D eigenvalue weighted by Gasteiger charge is -2.31. The van der Waals surface area contributed by atoms with Crippen LogP contribution < -0.4 is 9.80 Å². The van der Waals surface area contributed by atoms with Crippen LogP contribution in [0.3, 0.4) is 0 Å². The predicted molar refractivity (Wildman–Crippen MR) is 224 cm³/mol. The molecule has 0 heterocycles. The SMILES string of the molecule is C=C/C(=C\C)N(C1=CC(/C(=C2\C=CC=CC2)c2ccccc2C(=C)c2cccc(N(c3ccccc3)c3ccccc3)c2)=CCC1)c1ccccc1. The molecule has 0 amide bonds. The number of benzene rings is 5. The van der Waals surface area contributed by atoms with E-state index in [9.17, 15) is 0 Å². The van der Waals surface area contributed by atoms with Crippen LogP contribution in [0, 0.1) is 0 Å². The van der Waals surface area contributed by atoms with E-state index in [1.54, 1.807) is 0 Å². The van der Waals surface area contributed by atoms with E-state index in [-0.39, 0.29) is 0 Å². The lowest BCUT2D eigenvalue weighted by atomic mass is 9.82. The van der Waals surface area contributed by atoms with Crippen molar-refractivity contribution in [2.75, 3.05) is 9.80 Å². The molecule has 2 nitrogen and oxygen atoms in total. The van der Waals surface area contributed by atoms with E-state index in [1.165, 1.54) is 28.0 Å². The van der Waals surface area contributed by atoms with Crippen molar-refractivity contribution in [1.82, 2.24) is 0 Å². The zero-order valence-electron chi connectivity index (χ0n) is 29.8. The van der Waals surface area contributed by atoms with Crippen LogP contribution in [0.4, 0.5) is 22.7 Å². The van der Waals surface area contributed by atoms with E-state index in [1.807, 2.05) is 6.08 Å². The lowest BCUT2D eigenvalue weighted by Crippen LogP contribution is -2.22. The summed E-state index contributed by atoms with van der Waals surface area (Å²) >= 11 is 0. The summed E-state index contributed by atoms with van der Waals surface area (Å²) in [5.74, 6) is 0. The largest absolute Gasteiger partial charge is 0.315 e. The molecule has 0 saturated heterocycles. The standard InChI is InChI=1S/C50H44N2/c1-4-42(5-2)51(43-26-12-7-13-27-43)47-33-21-25-41(37-47)50(39-22-10-6-11-23-39)49-35-19-18-34-48(49)38(3)40-24-20-32-46(36-40)52(44-28-14-8-15-29-44)45-30-16-9-17-31-45/h4-20,22,24-32,34-37H,1,3,21,23,33H2,2H3/b42-5+,50-39-. The molecule has 254 valence electrons. The van der Waals surface area contributed by atoms with Crippen molar-refractivity contribution in [1.29, 1.82) is 0 Å². The highest BCUT2D eigenvalue weighted by Crippen LogP contribution is 2.42. The van der Waals surface area contributed by atoms with Crippen LogP contribution in [-0.4, -0.2) is 0 Å². The molecular weight excluding hydrogens is 629 g/mol. The summed E-state index contributed by atoms with van der Waals surface area (Å²) in [5, 5.41) is 0. The minimum atomic E-state index is 0.862. The number of nitrogens with zero attached hydrogens (tertiary/aromatic N) is 2. The Bertz CT molecular complexity index is 2210. The maximum absolute atomic E-state index is 4.77. The Balaban J connectivity index is 1.32.